The first kappa shape index (κ1) is 12.9. The number of hydrogen-bond acceptors (Lipinski definition) is 2. The second-order valence-corrected chi connectivity index (χ2v) is 4.42. The van der Waals surface area contributed by atoms with Gasteiger partial charge in [-0.25, -0.2) is 4.39 Å². The Kier molecular flexibility index (Phi) is 3.84. The maximum Gasteiger partial charge on any atom is 0.166 e. The predicted octanol–water partition coefficient (Wildman–Crippen LogP) is 4.29. The molecule has 0 saturated carbocycles. The van der Waals surface area contributed by atoms with Crippen LogP contribution in [0.1, 0.15) is 18.5 Å². The topological polar surface area (TPSA) is 35.2 Å². The van der Waals surface area contributed by atoms with E-state index in [-0.39, 0.29) is 11.8 Å². The van der Waals surface area contributed by atoms with Crippen LogP contribution in [0.4, 0.5) is 4.39 Å². The summed E-state index contributed by atoms with van der Waals surface area (Å²) in [5.41, 5.74) is 6.40. The van der Waals surface area contributed by atoms with Gasteiger partial charge in [-0.3, -0.25) is 0 Å². The van der Waals surface area contributed by atoms with Gasteiger partial charge in [0.1, 0.15) is 5.75 Å². The van der Waals surface area contributed by atoms with Crippen LogP contribution in [0.25, 0.3) is 0 Å². The number of para-hydroxylation sites is 1. The fourth-order valence-electron chi connectivity index (χ4n) is 1.53. The highest BCUT2D eigenvalue weighted by Gasteiger charge is 2.09. The molecule has 0 radical (unpaired) electrons. The van der Waals surface area contributed by atoms with Crippen LogP contribution in [0.3, 0.4) is 0 Å². The van der Waals surface area contributed by atoms with Crippen LogP contribution in [0.2, 0.25) is 5.02 Å². The highest BCUT2D eigenvalue weighted by Crippen LogP contribution is 2.31. The molecule has 0 saturated heterocycles. The minimum Gasteiger partial charge on any atom is -0.453 e. The lowest BCUT2D eigenvalue weighted by atomic mass is 10.1. The van der Waals surface area contributed by atoms with E-state index in [0.29, 0.717) is 10.8 Å². The minimum absolute atomic E-state index is 0.132. The van der Waals surface area contributed by atoms with Gasteiger partial charge in [-0.2, -0.15) is 0 Å². The van der Waals surface area contributed by atoms with Crippen molar-refractivity contribution >= 4 is 11.6 Å². The molecule has 0 spiro atoms. The van der Waals surface area contributed by atoms with Crippen molar-refractivity contribution in [2.24, 2.45) is 5.73 Å². The molecule has 0 aliphatic rings. The molecule has 2 aromatic rings. The third-order valence-electron chi connectivity index (χ3n) is 2.54. The molecule has 0 unspecified atom stereocenters. The van der Waals surface area contributed by atoms with E-state index < -0.39 is 5.82 Å². The van der Waals surface area contributed by atoms with Gasteiger partial charge in [0.25, 0.3) is 0 Å². The van der Waals surface area contributed by atoms with Crippen molar-refractivity contribution in [2.75, 3.05) is 0 Å². The zero-order valence-electron chi connectivity index (χ0n) is 9.86. The van der Waals surface area contributed by atoms with Crippen molar-refractivity contribution < 1.29 is 9.13 Å². The molecule has 0 aromatic heterocycles. The molecule has 94 valence electrons. The Morgan fingerprint density at radius 3 is 2.50 bits per heavy atom. The molecular formula is C14H13ClFNO. The molecule has 2 rings (SSSR count). The lowest BCUT2D eigenvalue weighted by Crippen LogP contribution is -2.05. The minimum atomic E-state index is -0.454. The molecule has 0 aliphatic carbocycles. The van der Waals surface area contributed by atoms with Crippen LogP contribution < -0.4 is 10.5 Å². The van der Waals surface area contributed by atoms with Gasteiger partial charge in [-0.15, -0.1) is 0 Å². The van der Waals surface area contributed by atoms with Gasteiger partial charge in [0.2, 0.25) is 0 Å². The SMILES string of the molecule is C[C@@H](N)c1ccc(Oc2ccccc2Cl)c(F)c1. The molecule has 4 heteroatoms. The van der Waals surface area contributed by atoms with Gasteiger partial charge in [0.05, 0.1) is 5.02 Å². The lowest BCUT2D eigenvalue weighted by Gasteiger charge is -2.10. The molecule has 0 heterocycles. The first-order valence-electron chi connectivity index (χ1n) is 5.55. The summed E-state index contributed by atoms with van der Waals surface area (Å²) in [5.74, 6) is 0.101. The molecule has 1 atom stereocenters. The molecule has 2 nitrogen and oxygen atoms in total. The summed E-state index contributed by atoms with van der Waals surface area (Å²) in [6.07, 6.45) is 0. The van der Waals surface area contributed by atoms with E-state index in [4.69, 9.17) is 22.1 Å². The number of ether oxygens (including phenoxy) is 1. The number of hydrogen-bond donors (Lipinski definition) is 1. The summed E-state index contributed by atoms with van der Waals surface area (Å²) in [4.78, 5) is 0. The highest BCUT2D eigenvalue weighted by molar-refractivity contribution is 6.32. The molecule has 0 aliphatic heterocycles. The van der Waals surface area contributed by atoms with Crippen LogP contribution in [0, 0.1) is 5.82 Å². The van der Waals surface area contributed by atoms with Crippen LogP contribution in [-0.4, -0.2) is 0 Å². The van der Waals surface area contributed by atoms with Crippen molar-refractivity contribution in [3.05, 3.63) is 58.9 Å². The van der Waals surface area contributed by atoms with E-state index in [9.17, 15) is 4.39 Å². The smallest absolute Gasteiger partial charge is 0.166 e. The van der Waals surface area contributed by atoms with Crippen LogP contribution in [0.5, 0.6) is 11.5 Å². The Hall–Kier alpha value is -1.58. The standard InChI is InChI=1S/C14H13ClFNO/c1-9(17)10-6-7-14(12(16)8-10)18-13-5-3-2-4-11(13)15/h2-9H,17H2,1H3/t9-/m1/s1. The second kappa shape index (κ2) is 5.38. The van der Waals surface area contributed by atoms with E-state index in [1.807, 2.05) is 0 Å². The average Bonchev–Trinajstić information content (AvgIpc) is 2.34. The molecule has 18 heavy (non-hydrogen) atoms. The molecule has 0 fully saturated rings. The van der Waals surface area contributed by atoms with Gasteiger partial charge < -0.3 is 10.5 Å². The summed E-state index contributed by atoms with van der Waals surface area (Å²) in [6, 6.07) is 11.4. The Morgan fingerprint density at radius 2 is 1.89 bits per heavy atom. The quantitative estimate of drug-likeness (QED) is 0.898. The first-order valence-corrected chi connectivity index (χ1v) is 5.93. The number of benzene rings is 2. The summed E-state index contributed by atoms with van der Waals surface area (Å²) >= 11 is 5.94. The van der Waals surface area contributed by atoms with E-state index in [2.05, 4.69) is 0 Å². The van der Waals surface area contributed by atoms with Crippen molar-refractivity contribution in [3.63, 3.8) is 0 Å². The Balaban J connectivity index is 2.28. The first-order chi connectivity index (χ1) is 8.58. The largest absolute Gasteiger partial charge is 0.453 e. The predicted molar refractivity (Wildman–Crippen MR) is 70.5 cm³/mol. The van der Waals surface area contributed by atoms with E-state index in [1.54, 1.807) is 43.3 Å². The fourth-order valence-corrected chi connectivity index (χ4v) is 1.70. The number of nitrogens with two attached hydrogens (primary N) is 1. The van der Waals surface area contributed by atoms with Gasteiger partial charge in [-0.1, -0.05) is 29.8 Å². The van der Waals surface area contributed by atoms with Crippen LogP contribution >= 0.6 is 11.6 Å². The highest BCUT2D eigenvalue weighted by atomic mass is 35.5. The molecule has 0 bridgehead atoms. The Labute approximate surface area is 110 Å². The summed E-state index contributed by atoms with van der Waals surface area (Å²) in [6.45, 7) is 1.80. The van der Waals surface area contributed by atoms with Crippen molar-refractivity contribution in [3.8, 4) is 11.5 Å². The van der Waals surface area contributed by atoms with Crippen molar-refractivity contribution in [1.82, 2.24) is 0 Å². The number of halogens is 2. The Bertz CT molecular complexity index is 557. The van der Waals surface area contributed by atoms with Crippen molar-refractivity contribution in [2.45, 2.75) is 13.0 Å². The summed E-state index contributed by atoms with van der Waals surface area (Å²) in [5, 5.41) is 0.438. The fraction of sp³-hybridized carbons (Fsp3) is 0.143. The van der Waals surface area contributed by atoms with Gasteiger partial charge in [0, 0.05) is 6.04 Å². The zero-order chi connectivity index (χ0) is 13.1. The molecular weight excluding hydrogens is 253 g/mol. The Morgan fingerprint density at radius 1 is 1.17 bits per heavy atom. The van der Waals surface area contributed by atoms with E-state index in [0.717, 1.165) is 5.56 Å². The van der Waals surface area contributed by atoms with E-state index >= 15 is 0 Å². The third kappa shape index (κ3) is 2.81. The third-order valence-corrected chi connectivity index (χ3v) is 2.85. The lowest BCUT2D eigenvalue weighted by molar-refractivity contribution is 0.441. The van der Waals surface area contributed by atoms with Gasteiger partial charge >= 0.3 is 0 Å². The van der Waals surface area contributed by atoms with Crippen molar-refractivity contribution in [1.29, 1.82) is 0 Å². The number of rotatable bonds is 3. The second-order valence-electron chi connectivity index (χ2n) is 4.01. The normalized spacial score (nSPS) is 12.2. The monoisotopic (exact) mass is 265 g/mol. The van der Waals surface area contributed by atoms with Crippen LogP contribution in [-0.2, 0) is 0 Å². The van der Waals surface area contributed by atoms with Crippen LogP contribution in [0.15, 0.2) is 42.5 Å². The molecule has 2 aromatic carbocycles. The van der Waals surface area contributed by atoms with E-state index in [1.165, 1.54) is 6.07 Å². The van der Waals surface area contributed by atoms with Gasteiger partial charge in [-0.05, 0) is 36.8 Å². The average molecular weight is 266 g/mol. The van der Waals surface area contributed by atoms with Gasteiger partial charge in [0.15, 0.2) is 11.6 Å². The maximum atomic E-state index is 13.8. The molecule has 0 amide bonds. The molecule has 2 N–H and O–H groups in total. The zero-order valence-corrected chi connectivity index (χ0v) is 10.6. The summed E-state index contributed by atoms with van der Waals surface area (Å²) < 4.78 is 19.2. The summed E-state index contributed by atoms with van der Waals surface area (Å²) in [7, 11) is 0. The maximum absolute atomic E-state index is 13.8.